The summed E-state index contributed by atoms with van der Waals surface area (Å²) in [7, 11) is 0. The van der Waals surface area contributed by atoms with Gasteiger partial charge < -0.3 is 18.8 Å². The highest BCUT2D eigenvalue weighted by Crippen LogP contribution is 2.35. The Morgan fingerprint density at radius 3 is 3.08 bits per heavy atom. The van der Waals surface area contributed by atoms with Crippen LogP contribution in [-0.4, -0.2) is 47.7 Å². The first-order chi connectivity index (χ1) is 11.8. The molecular weight excluding hydrogens is 308 g/mol. The highest BCUT2D eigenvalue weighted by Gasteiger charge is 2.43. The Balaban J connectivity index is 1.40. The summed E-state index contributed by atoms with van der Waals surface area (Å²) in [5, 5.41) is 0. The van der Waals surface area contributed by atoms with Crippen molar-refractivity contribution in [2.75, 3.05) is 19.8 Å². The van der Waals surface area contributed by atoms with Crippen molar-refractivity contribution in [1.29, 1.82) is 0 Å². The molecule has 24 heavy (non-hydrogen) atoms. The second kappa shape index (κ2) is 6.65. The third-order valence-corrected chi connectivity index (χ3v) is 4.77. The molecule has 2 aliphatic rings. The van der Waals surface area contributed by atoms with Crippen molar-refractivity contribution in [2.45, 2.75) is 25.0 Å². The van der Waals surface area contributed by atoms with Crippen molar-refractivity contribution in [3.63, 3.8) is 0 Å². The van der Waals surface area contributed by atoms with E-state index in [0.717, 1.165) is 12.8 Å². The fourth-order valence-electron chi connectivity index (χ4n) is 3.63. The van der Waals surface area contributed by atoms with E-state index in [1.165, 1.54) is 12.5 Å². The van der Waals surface area contributed by atoms with Crippen molar-refractivity contribution in [1.82, 2.24) is 9.88 Å². The maximum Gasteiger partial charge on any atom is 0.257 e. The lowest BCUT2D eigenvalue weighted by Crippen LogP contribution is -2.51. The van der Waals surface area contributed by atoms with Crippen LogP contribution < -0.4 is 4.74 Å². The quantitative estimate of drug-likeness (QED) is 0.862. The maximum atomic E-state index is 12.7. The van der Waals surface area contributed by atoms with E-state index in [4.69, 9.17) is 13.9 Å². The van der Waals surface area contributed by atoms with Gasteiger partial charge in [-0.15, -0.1) is 0 Å². The van der Waals surface area contributed by atoms with Crippen LogP contribution in [0.15, 0.2) is 47.4 Å². The zero-order chi connectivity index (χ0) is 16.4. The van der Waals surface area contributed by atoms with Gasteiger partial charge in [0, 0.05) is 18.8 Å². The summed E-state index contributed by atoms with van der Waals surface area (Å²) in [6, 6.07) is 7.45. The van der Waals surface area contributed by atoms with Crippen LogP contribution in [0.25, 0.3) is 0 Å². The number of amides is 1. The van der Waals surface area contributed by atoms with Gasteiger partial charge in [-0.25, -0.2) is 4.98 Å². The molecule has 2 fully saturated rings. The molecule has 1 aliphatic heterocycles. The Hall–Kier alpha value is -2.34. The molecule has 126 valence electrons. The van der Waals surface area contributed by atoms with Gasteiger partial charge in [-0.1, -0.05) is 6.07 Å². The molecule has 0 N–H and O–H groups in total. The van der Waals surface area contributed by atoms with Crippen LogP contribution in [0.3, 0.4) is 0 Å². The van der Waals surface area contributed by atoms with Crippen LogP contribution in [0.1, 0.15) is 23.2 Å². The van der Waals surface area contributed by atoms with Crippen LogP contribution >= 0.6 is 0 Å². The van der Waals surface area contributed by atoms with E-state index in [0.29, 0.717) is 37.1 Å². The number of aromatic nitrogens is 1. The molecule has 1 saturated carbocycles. The Morgan fingerprint density at radius 2 is 2.29 bits per heavy atom. The summed E-state index contributed by atoms with van der Waals surface area (Å²) in [4.78, 5) is 18.8. The number of carbonyl (C=O) groups excluding carboxylic acids is 1. The van der Waals surface area contributed by atoms with Crippen molar-refractivity contribution in [3.8, 4) is 5.88 Å². The molecule has 0 bridgehead atoms. The summed E-state index contributed by atoms with van der Waals surface area (Å²) in [6.45, 7) is 1.80. The number of nitrogens with zero attached hydrogens (tertiary/aromatic N) is 2. The molecule has 6 nitrogen and oxygen atoms in total. The normalized spacial score (nSPS) is 26.2. The first-order valence-corrected chi connectivity index (χ1v) is 8.30. The molecule has 6 heteroatoms. The van der Waals surface area contributed by atoms with Crippen LogP contribution in [0, 0.1) is 5.92 Å². The second-order valence-corrected chi connectivity index (χ2v) is 6.30. The summed E-state index contributed by atoms with van der Waals surface area (Å²) >= 11 is 0. The number of rotatable bonds is 4. The molecule has 0 aromatic carbocycles. The number of hydrogen-bond acceptors (Lipinski definition) is 5. The fraction of sp³-hybridized carbons (Fsp3) is 0.444. The average molecular weight is 328 g/mol. The summed E-state index contributed by atoms with van der Waals surface area (Å²) in [5.41, 5.74) is 0.601. The highest BCUT2D eigenvalue weighted by atomic mass is 16.5. The third-order valence-electron chi connectivity index (χ3n) is 4.77. The molecule has 0 unspecified atom stereocenters. The van der Waals surface area contributed by atoms with Crippen molar-refractivity contribution in [2.24, 2.45) is 5.92 Å². The third kappa shape index (κ3) is 3.01. The molecule has 1 aliphatic carbocycles. The molecule has 0 spiro atoms. The zero-order valence-corrected chi connectivity index (χ0v) is 13.3. The van der Waals surface area contributed by atoms with Gasteiger partial charge in [-0.3, -0.25) is 4.79 Å². The van der Waals surface area contributed by atoms with Gasteiger partial charge in [0.25, 0.3) is 5.91 Å². The first-order valence-electron chi connectivity index (χ1n) is 8.30. The van der Waals surface area contributed by atoms with Crippen molar-refractivity contribution < 1.29 is 18.7 Å². The van der Waals surface area contributed by atoms with Gasteiger partial charge in [-0.05, 0) is 30.9 Å². The number of pyridine rings is 1. The summed E-state index contributed by atoms with van der Waals surface area (Å²) in [5.74, 6) is 1.02. The zero-order valence-electron chi connectivity index (χ0n) is 13.3. The standard InChI is InChI=1S/C18H20N2O4/c21-18(14-4-7-22-12-14)20-6-8-23-16-10-13(9-15(16)20)11-24-17-3-1-2-5-19-17/h1-5,7,12-13,15-16H,6,8-11H2/t13-,15-,16+/m0/s1. The molecule has 3 atom stereocenters. The maximum absolute atomic E-state index is 12.7. The molecule has 0 radical (unpaired) electrons. The number of ether oxygens (including phenoxy) is 2. The lowest BCUT2D eigenvalue weighted by molar-refractivity contribution is -0.0448. The van der Waals surface area contributed by atoms with E-state index in [1.54, 1.807) is 12.3 Å². The molecule has 4 rings (SSSR count). The van der Waals surface area contributed by atoms with E-state index >= 15 is 0 Å². The highest BCUT2D eigenvalue weighted by molar-refractivity contribution is 5.94. The van der Waals surface area contributed by atoms with E-state index in [9.17, 15) is 4.79 Å². The Kier molecular flexibility index (Phi) is 4.21. The van der Waals surface area contributed by atoms with Gasteiger partial charge in [-0.2, -0.15) is 0 Å². The van der Waals surface area contributed by atoms with Crippen LogP contribution in [0.4, 0.5) is 0 Å². The van der Waals surface area contributed by atoms with E-state index < -0.39 is 0 Å². The number of hydrogen-bond donors (Lipinski definition) is 0. The predicted molar refractivity (Wildman–Crippen MR) is 85.7 cm³/mol. The monoisotopic (exact) mass is 328 g/mol. The lowest BCUT2D eigenvalue weighted by Gasteiger charge is -2.37. The number of furan rings is 1. The number of fused-ring (bicyclic) bond motifs is 1. The van der Waals surface area contributed by atoms with Crippen molar-refractivity contribution >= 4 is 5.91 Å². The minimum absolute atomic E-state index is 0.0216. The molecule has 2 aromatic heterocycles. The number of morpholine rings is 1. The van der Waals surface area contributed by atoms with Crippen LogP contribution in [0.5, 0.6) is 5.88 Å². The largest absolute Gasteiger partial charge is 0.477 e. The predicted octanol–water partition coefficient (Wildman–Crippen LogP) is 2.37. The van der Waals surface area contributed by atoms with Gasteiger partial charge in [0.1, 0.15) is 6.26 Å². The topological polar surface area (TPSA) is 64.8 Å². The molecule has 1 amide bonds. The minimum atomic E-state index is 0.0216. The second-order valence-electron chi connectivity index (χ2n) is 6.30. The van der Waals surface area contributed by atoms with E-state index in [1.807, 2.05) is 23.1 Å². The minimum Gasteiger partial charge on any atom is -0.477 e. The molecule has 1 saturated heterocycles. The van der Waals surface area contributed by atoms with Crippen LogP contribution in [0.2, 0.25) is 0 Å². The van der Waals surface area contributed by atoms with Crippen molar-refractivity contribution in [3.05, 3.63) is 48.6 Å². The van der Waals surface area contributed by atoms with E-state index in [-0.39, 0.29) is 18.1 Å². The number of carbonyl (C=O) groups is 1. The Bertz CT molecular complexity index is 674. The van der Waals surface area contributed by atoms with Gasteiger partial charge in [0.15, 0.2) is 0 Å². The van der Waals surface area contributed by atoms with Crippen LogP contribution in [-0.2, 0) is 4.74 Å². The molecular formula is C18H20N2O4. The Morgan fingerprint density at radius 1 is 1.33 bits per heavy atom. The van der Waals surface area contributed by atoms with Gasteiger partial charge >= 0.3 is 0 Å². The van der Waals surface area contributed by atoms with Gasteiger partial charge in [0.2, 0.25) is 5.88 Å². The lowest BCUT2D eigenvalue weighted by atomic mass is 10.1. The summed E-state index contributed by atoms with van der Waals surface area (Å²) in [6.07, 6.45) is 6.64. The SMILES string of the molecule is O=C(c1ccoc1)N1CCO[C@@H]2C[C@@H](COc3ccccn3)C[C@@H]21. The smallest absolute Gasteiger partial charge is 0.257 e. The fourth-order valence-corrected chi connectivity index (χ4v) is 3.63. The molecule has 2 aromatic rings. The summed E-state index contributed by atoms with van der Waals surface area (Å²) < 4.78 is 16.7. The van der Waals surface area contributed by atoms with E-state index in [2.05, 4.69) is 4.98 Å². The average Bonchev–Trinajstić information content (AvgIpc) is 3.29. The molecule has 3 heterocycles. The Labute approximate surface area is 140 Å². The first kappa shape index (κ1) is 15.2. The van der Waals surface area contributed by atoms with Gasteiger partial charge in [0.05, 0.1) is 37.2 Å².